The van der Waals surface area contributed by atoms with Gasteiger partial charge in [0.15, 0.2) is 18.9 Å². The molecule has 3 N–H and O–H groups in total. The summed E-state index contributed by atoms with van der Waals surface area (Å²) >= 11 is 0. The van der Waals surface area contributed by atoms with Gasteiger partial charge in [-0.2, -0.15) is 0 Å². The second kappa shape index (κ2) is 11.2. The van der Waals surface area contributed by atoms with Crippen LogP contribution in [0.15, 0.2) is 0 Å². The second-order valence-corrected chi connectivity index (χ2v) is 10.9. The quantitative estimate of drug-likeness (QED) is 0.539. The van der Waals surface area contributed by atoms with Crippen molar-refractivity contribution in [2.45, 2.75) is 105 Å². The molecule has 3 aliphatic rings. The van der Waals surface area contributed by atoms with Crippen LogP contribution in [0, 0.1) is 41.4 Å². The summed E-state index contributed by atoms with van der Waals surface area (Å²) in [5, 5.41) is 30.3. The molecular weight excluding hydrogens is 428 g/mol. The van der Waals surface area contributed by atoms with Crippen molar-refractivity contribution in [3.05, 3.63) is 0 Å². The molecule has 0 aromatic carbocycles. The summed E-state index contributed by atoms with van der Waals surface area (Å²) in [5.41, 5.74) is 0. The van der Waals surface area contributed by atoms with Crippen LogP contribution in [0.5, 0.6) is 0 Å². The Bertz CT molecular complexity index is 619. The number of aliphatic hydroxyl groups excluding tert-OH is 3. The molecule has 3 rings (SSSR count). The first-order valence-electron chi connectivity index (χ1n) is 12.7. The highest BCUT2D eigenvalue weighted by atomic mass is 16.7. The Balaban J connectivity index is 1.53. The van der Waals surface area contributed by atoms with Crippen molar-refractivity contribution in [3.8, 4) is 0 Å². The minimum Gasteiger partial charge on any atom is -0.390 e. The number of rotatable bonds is 6. The molecule has 3 fully saturated rings. The molecular formula is C25H46O8. The van der Waals surface area contributed by atoms with Crippen molar-refractivity contribution in [1.82, 2.24) is 0 Å². The number of hydrogen-bond acceptors (Lipinski definition) is 8. The van der Waals surface area contributed by atoms with Gasteiger partial charge in [-0.1, -0.05) is 34.6 Å². The number of hydrogen-bond donors (Lipinski definition) is 3. The lowest BCUT2D eigenvalue weighted by atomic mass is 9.78. The van der Waals surface area contributed by atoms with Gasteiger partial charge in [-0.3, -0.25) is 0 Å². The minimum atomic E-state index is -1.15. The first-order valence-corrected chi connectivity index (χ1v) is 12.7. The van der Waals surface area contributed by atoms with Crippen LogP contribution in [-0.2, 0) is 23.7 Å². The molecule has 0 spiro atoms. The lowest BCUT2D eigenvalue weighted by Gasteiger charge is -2.46. The van der Waals surface area contributed by atoms with E-state index in [0.717, 1.165) is 0 Å². The van der Waals surface area contributed by atoms with Gasteiger partial charge in [-0.05, 0) is 38.5 Å². The zero-order valence-electron chi connectivity index (χ0n) is 21.5. The summed E-state index contributed by atoms with van der Waals surface area (Å²) in [6.45, 7) is 17.1. The molecule has 8 nitrogen and oxygen atoms in total. The van der Waals surface area contributed by atoms with E-state index >= 15 is 0 Å². The summed E-state index contributed by atoms with van der Waals surface area (Å²) in [4.78, 5) is 0. The first kappa shape index (κ1) is 27.3. The lowest BCUT2D eigenvalue weighted by Crippen LogP contribution is -2.53. The molecule has 0 aromatic rings. The van der Waals surface area contributed by atoms with E-state index in [2.05, 4.69) is 27.7 Å². The fourth-order valence-electron chi connectivity index (χ4n) is 5.61. The van der Waals surface area contributed by atoms with Gasteiger partial charge in [0, 0.05) is 23.7 Å². The molecule has 33 heavy (non-hydrogen) atoms. The van der Waals surface area contributed by atoms with Gasteiger partial charge in [0.2, 0.25) is 0 Å². The molecule has 8 heteroatoms. The molecule has 0 aromatic heterocycles. The van der Waals surface area contributed by atoms with E-state index in [4.69, 9.17) is 23.7 Å². The van der Waals surface area contributed by atoms with Gasteiger partial charge in [-0.25, -0.2) is 0 Å². The molecule has 0 amide bonds. The molecule has 0 radical (unpaired) electrons. The topological polar surface area (TPSA) is 107 Å². The van der Waals surface area contributed by atoms with Gasteiger partial charge in [-0.15, -0.1) is 0 Å². The largest absolute Gasteiger partial charge is 0.390 e. The van der Waals surface area contributed by atoms with Crippen molar-refractivity contribution >= 4 is 0 Å². The third-order valence-electron chi connectivity index (χ3n) is 8.88. The minimum absolute atomic E-state index is 0.0323. The van der Waals surface area contributed by atoms with Crippen molar-refractivity contribution in [1.29, 1.82) is 0 Å². The first-order chi connectivity index (χ1) is 15.4. The fraction of sp³-hybridized carbons (Fsp3) is 1.00. The smallest absolute Gasteiger partial charge is 0.181 e. The highest BCUT2D eigenvalue weighted by molar-refractivity contribution is 4.87. The summed E-state index contributed by atoms with van der Waals surface area (Å²) in [6, 6.07) is 0. The SMILES string of the molecule is CC1OC(OCC2C(C)OC(OCC3C(C)OC(O)C(O)C3C)C(C)C2C)C(C)C(C)C1O. The summed E-state index contributed by atoms with van der Waals surface area (Å²) < 4.78 is 30.1. The Morgan fingerprint density at radius 3 is 1.55 bits per heavy atom. The Kier molecular flexibility index (Phi) is 9.23. The molecule has 194 valence electrons. The van der Waals surface area contributed by atoms with Gasteiger partial charge in [0.1, 0.15) is 6.10 Å². The normalized spacial score (nSPS) is 53.7. The van der Waals surface area contributed by atoms with Gasteiger partial charge in [0.05, 0.1) is 37.6 Å². The van der Waals surface area contributed by atoms with E-state index in [1.807, 2.05) is 27.7 Å². The lowest BCUT2D eigenvalue weighted by molar-refractivity contribution is -0.293. The van der Waals surface area contributed by atoms with Gasteiger partial charge in [0.25, 0.3) is 0 Å². The zero-order valence-corrected chi connectivity index (χ0v) is 21.5. The van der Waals surface area contributed by atoms with E-state index in [1.54, 1.807) is 0 Å². The Hall–Kier alpha value is -0.320. The Morgan fingerprint density at radius 2 is 0.970 bits per heavy atom. The highest BCUT2D eigenvalue weighted by Crippen LogP contribution is 2.39. The third kappa shape index (κ3) is 5.75. The van der Waals surface area contributed by atoms with Crippen molar-refractivity contribution in [3.63, 3.8) is 0 Å². The van der Waals surface area contributed by atoms with Crippen molar-refractivity contribution in [2.75, 3.05) is 13.2 Å². The van der Waals surface area contributed by atoms with Gasteiger partial charge < -0.3 is 39.0 Å². The summed E-state index contributed by atoms with van der Waals surface area (Å²) in [5.74, 6) is 0.708. The fourth-order valence-corrected chi connectivity index (χ4v) is 5.61. The van der Waals surface area contributed by atoms with Gasteiger partial charge >= 0.3 is 0 Å². The van der Waals surface area contributed by atoms with E-state index in [-0.39, 0.29) is 66.4 Å². The maximum atomic E-state index is 10.3. The Morgan fingerprint density at radius 1 is 0.515 bits per heavy atom. The zero-order chi connectivity index (χ0) is 24.6. The predicted octanol–water partition coefficient (Wildman–Crippen LogP) is 2.38. The van der Waals surface area contributed by atoms with E-state index in [1.165, 1.54) is 0 Å². The van der Waals surface area contributed by atoms with Crippen LogP contribution >= 0.6 is 0 Å². The molecule has 15 unspecified atom stereocenters. The van der Waals surface area contributed by atoms with E-state index in [0.29, 0.717) is 19.1 Å². The molecule has 15 atom stereocenters. The van der Waals surface area contributed by atoms with Crippen LogP contribution in [0.4, 0.5) is 0 Å². The molecule has 0 bridgehead atoms. The maximum Gasteiger partial charge on any atom is 0.181 e. The van der Waals surface area contributed by atoms with Crippen LogP contribution in [0.2, 0.25) is 0 Å². The molecule has 3 aliphatic heterocycles. The van der Waals surface area contributed by atoms with Crippen molar-refractivity contribution in [2.24, 2.45) is 41.4 Å². The summed E-state index contributed by atoms with van der Waals surface area (Å²) in [7, 11) is 0. The van der Waals surface area contributed by atoms with Crippen molar-refractivity contribution < 1.29 is 39.0 Å². The number of ether oxygens (including phenoxy) is 5. The highest BCUT2D eigenvalue weighted by Gasteiger charge is 2.45. The molecule has 3 saturated heterocycles. The monoisotopic (exact) mass is 474 g/mol. The van der Waals surface area contributed by atoms with E-state index in [9.17, 15) is 15.3 Å². The predicted molar refractivity (Wildman–Crippen MR) is 122 cm³/mol. The molecule has 3 heterocycles. The standard InChI is InChI=1S/C25H46O8/c1-11-13(3)24(30-10-20-15(5)22(27)23(28)31-16(20)6)32-17(7)19(11)9-29-25-14(4)12(2)21(26)18(8)33-25/h11-28H,9-10H2,1-8H3. The van der Waals surface area contributed by atoms with E-state index < -0.39 is 18.5 Å². The maximum absolute atomic E-state index is 10.3. The van der Waals surface area contributed by atoms with Crippen LogP contribution < -0.4 is 0 Å². The Labute approximate surface area is 198 Å². The average Bonchev–Trinajstić information content (AvgIpc) is 2.77. The molecule has 0 aliphatic carbocycles. The third-order valence-corrected chi connectivity index (χ3v) is 8.88. The van der Waals surface area contributed by atoms with Crippen LogP contribution in [0.3, 0.4) is 0 Å². The number of aliphatic hydroxyl groups is 3. The molecule has 0 saturated carbocycles. The average molecular weight is 475 g/mol. The van der Waals surface area contributed by atoms with Crippen LogP contribution in [-0.4, -0.2) is 77.9 Å². The summed E-state index contributed by atoms with van der Waals surface area (Å²) in [6.07, 6.45) is -3.74. The van der Waals surface area contributed by atoms with Crippen LogP contribution in [0.25, 0.3) is 0 Å². The second-order valence-electron chi connectivity index (χ2n) is 10.9. The van der Waals surface area contributed by atoms with Crippen LogP contribution in [0.1, 0.15) is 55.4 Å².